The van der Waals surface area contributed by atoms with E-state index in [1.54, 1.807) is 38.1 Å². The van der Waals surface area contributed by atoms with Crippen LogP contribution < -0.4 is 0 Å². The van der Waals surface area contributed by atoms with Crippen molar-refractivity contribution in [2.24, 2.45) is 0 Å². The normalized spacial score (nSPS) is 12.3. The van der Waals surface area contributed by atoms with Crippen LogP contribution in [-0.2, 0) is 28.3 Å². The van der Waals surface area contributed by atoms with Gasteiger partial charge in [0.25, 0.3) is 0 Å². The van der Waals surface area contributed by atoms with Crippen molar-refractivity contribution >= 4 is 25.8 Å². The van der Waals surface area contributed by atoms with Gasteiger partial charge >= 0.3 is 6.18 Å². The van der Waals surface area contributed by atoms with Crippen LogP contribution in [0.25, 0.3) is 11.3 Å². The third-order valence-corrected chi connectivity index (χ3v) is 6.71. The maximum Gasteiger partial charge on any atom is 0.435 e. The molecule has 0 spiro atoms. The van der Waals surface area contributed by atoms with Gasteiger partial charge in [-0.25, -0.2) is 18.1 Å². The van der Waals surface area contributed by atoms with E-state index in [1.807, 2.05) is 0 Å². The van der Waals surface area contributed by atoms with E-state index >= 15 is 0 Å². The highest BCUT2D eigenvalue weighted by molar-refractivity contribution is 9.10. The SMILES string of the molecule is CCc1c(C(F)(F)F)nn(CS(=O)(=O)c2ccccn2)c1-c1ccc(Br)c(C)c1. The van der Waals surface area contributed by atoms with Crippen molar-refractivity contribution in [3.05, 3.63) is 63.9 Å². The van der Waals surface area contributed by atoms with Crippen LogP contribution in [0.1, 0.15) is 23.7 Å². The quantitative estimate of drug-likeness (QED) is 0.506. The number of hydrogen-bond acceptors (Lipinski definition) is 4. The van der Waals surface area contributed by atoms with Crippen LogP contribution in [0, 0.1) is 6.92 Å². The second-order valence-corrected chi connectivity index (χ2v) is 9.16. The number of alkyl halides is 3. The average molecular weight is 488 g/mol. The first-order valence-corrected chi connectivity index (χ1v) is 11.1. The summed E-state index contributed by atoms with van der Waals surface area (Å²) in [5.74, 6) is -0.752. The van der Waals surface area contributed by atoms with Gasteiger partial charge in [0.15, 0.2) is 10.7 Å². The number of aromatic nitrogens is 3. The Hall–Kier alpha value is -2.20. The summed E-state index contributed by atoms with van der Waals surface area (Å²) in [7, 11) is -4.01. The van der Waals surface area contributed by atoms with E-state index in [2.05, 4.69) is 26.0 Å². The summed E-state index contributed by atoms with van der Waals surface area (Å²) in [5, 5.41) is 3.44. The van der Waals surface area contributed by atoms with Gasteiger partial charge in [0.2, 0.25) is 9.84 Å². The molecule has 3 rings (SSSR count). The zero-order valence-corrected chi connectivity index (χ0v) is 17.9. The summed E-state index contributed by atoms with van der Waals surface area (Å²) < 4.78 is 68.0. The van der Waals surface area contributed by atoms with Crippen LogP contribution in [-0.4, -0.2) is 23.2 Å². The number of halogens is 4. The molecule has 0 amide bonds. The number of nitrogens with zero attached hydrogens (tertiary/aromatic N) is 3. The molecule has 0 unspecified atom stereocenters. The van der Waals surface area contributed by atoms with Gasteiger partial charge in [0.05, 0.1) is 5.69 Å². The molecule has 0 bridgehead atoms. The summed E-state index contributed by atoms with van der Waals surface area (Å²) in [4.78, 5) is 3.82. The molecule has 0 aliphatic heterocycles. The Morgan fingerprint density at radius 3 is 2.45 bits per heavy atom. The number of benzene rings is 1. The van der Waals surface area contributed by atoms with Crippen molar-refractivity contribution in [1.29, 1.82) is 0 Å². The van der Waals surface area contributed by atoms with Gasteiger partial charge in [0.1, 0.15) is 5.88 Å². The third kappa shape index (κ3) is 4.37. The molecule has 1 aromatic carbocycles. The van der Waals surface area contributed by atoms with Gasteiger partial charge in [-0.2, -0.15) is 18.3 Å². The van der Waals surface area contributed by atoms with E-state index in [-0.39, 0.29) is 22.7 Å². The molecular weight excluding hydrogens is 471 g/mol. The third-order valence-electron chi connectivity index (χ3n) is 4.35. The van der Waals surface area contributed by atoms with Crippen molar-refractivity contribution in [1.82, 2.24) is 14.8 Å². The maximum absolute atomic E-state index is 13.6. The standard InChI is InChI=1S/C19H17BrF3N3O2S/c1-3-14-17(13-7-8-15(20)12(2)10-13)26(25-18(14)19(21,22)23)11-29(27,28)16-6-4-5-9-24-16/h4-10H,3,11H2,1-2H3. The van der Waals surface area contributed by atoms with Gasteiger partial charge in [-0.05, 0) is 43.2 Å². The van der Waals surface area contributed by atoms with Gasteiger partial charge in [-0.1, -0.05) is 35.0 Å². The Bertz CT molecular complexity index is 1140. The average Bonchev–Trinajstić information content (AvgIpc) is 3.02. The fourth-order valence-corrected chi connectivity index (χ4v) is 4.42. The molecule has 0 aliphatic rings. The van der Waals surface area contributed by atoms with E-state index in [1.165, 1.54) is 18.3 Å². The Morgan fingerprint density at radius 1 is 1.17 bits per heavy atom. The smallest absolute Gasteiger partial charge is 0.248 e. The van der Waals surface area contributed by atoms with E-state index in [0.717, 1.165) is 14.7 Å². The van der Waals surface area contributed by atoms with Crippen LogP contribution in [0.3, 0.4) is 0 Å². The van der Waals surface area contributed by atoms with E-state index in [0.29, 0.717) is 5.56 Å². The highest BCUT2D eigenvalue weighted by Crippen LogP contribution is 2.38. The van der Waals surface area contributed by atoms with Crippen LogP contribution in [0.4, 0.5) is 13.2 Å². The number of rotatable bonds is 5. The zero-order valence-electron chi connectivity index (χ0n) is 15.5. The largest absolute Gasteiger partial charge is 0.435 e. The molecule has 3 aromatic rings. The second-order valence-electron chi connectivity index (χ2n) is 6.40. The summed E-state index contributed by atoms with van der Waals surface area (Å²) in [6, 6.07) is 9.40. The lowest BCUT2D eigenvalue weighted by Gasteiger charge is -2.11. The predicted octanol–water partition coefficient (Wildman–Crippen LogP) is 5.03. The lowest BCUT2D eigenvalue weighted by molar-refractivity contribution is -0.142. The van der Waals surface area contributed by atoms with Crippen molar-refractivity contribution in [3.8, 4) is 11.3 Å². The fourth-order valence-electron chi connectivity index (χ4n) is 3.03. The Kier molecular flexibility index (Phi) is 5.86. The van der Waals surface area contributed by atoms with Gasteiger partial charge in [-0.15, -0.1) is 0 Å². The van der Waals surface area contributed by atoms with Crippen molar-refractivity contribution < 1.29 is 21.6 Å². The number of hydrogen-bond donors (Lipinski definition) is 0. The molecule has 0 saturated heterocycles. The minimum absolute atomic E-state index is 0.0446. The summed E-state index contributed by atoms with van der Waals surface area (Å²) in [6.45, 7) is 3.38. The molecule has 5 nitrogen and oxygen atoms in total. The predicted molar refractivity (Wildman–Crippen MR) is 106 cm³/mol. The topological polar surface area (TPSA) is 64.8 Å². The van der Waals surface area contributed by atoms with E-state index in [4.69, 9.17) is 0 Å². The molecule has 0 radical (unpaired) electrons. The molecule has 2 heterocycles. The minimum atomic E-state index is -4.70. The number of pyridine rings is 1. The Morgan fingerprint density at radius 2 is 1.90 bits per heavy atom. The lowest BCUT2D eigenvalue weighted by atomic mass is 10.0. The van der Waals surface area contributed by atoms with Crippen molar-refractivity contribution in [3.63, 3.8) is 0 Å². The fraction of sp³-hybridized carbons (Fsp3) is 0.263. The maximum atomic E-state index is 13.6. The lowest BCUT2D eigenvalue weighted by Crippen LogP contribution is -2.16. The molecule has 0 N–H and O–H groups in total. The van der Waals surface area contributed by atoms with E-state index in [9.17, 15) is 21.6 Å². The molecule has 29 heavy (non-hydrogen) atoms. The summed E-state index contributed by atoms with van der Waals surface area (Å²) >= 11 is 3.37. The molecule has 0 saturated carbocycles. The summed E-state index contributed by atoms with van der Waals surface area (Å²) in [6.07, 6.45) is -3.35. The highest BCUT2D eigenvalue weighted by Gasteiger charge is 2.39. The van der Waals surface area contributed by atoms with Crippen LogP contribution in [0.15, 0.2) is 52.1 Å². The first-order valence-electron chi connectivity index (χ1n) is 8.61. The highest BCUT2D eigenvalue weighted by atomic mass is 79.9. The van der Waals surface area contributed by atoms with Gasteiger partial charge in [0, 0.05) is 21.8 Å². The first-order chi connectivity index (χ1) is 13.5. The number of sulfone groups is 1. The Balaban J connectivity index is 2.23. The van der Waals surface area contributed by atoms with Crippen molar-refractivity contribution in [2.45, 2.75) is 37.3 Å². The van der Waals surface area contributed by atoms with Crippen LogP contribution in [0.2, 0.25) is 0 Å². The second kappa shape index (κ2) is 7.91. The summed E-state index contributed by atoms with van der Waals surface area (Å²) in [5.41, 5.74) is 0.275. The van der Waals surface area contributed by atoms with E-state index < -0.39 is 27.6 Å². The molecular formula is C19H17BrF3N3O2S. The molecule has 10 heteroatoms. The Labute approximate surface area is 174 Å². The van der Waals surface area contributed by atoms with Gasteiger partial charge < -0.3 is 0 Å². The monoisotopic (exact) mass is 487 g/mol. The zero-order chi connectivity index (χ0) is 21.4. The molecule has 0 atom stereocenters. The molecule has 0 fully saturated rings. The van der Waals surface area contributed by atoms with Gasteiger partial charge in [-0.3, -0.25) is 0 Å². The van der Waals surface area contributed by atoms with Crippen LogP contribution >= 0.6 is 15.9 Å². The molecule has 0 aliphatic carbocycles. The molecule has 154 valence electrons. The number of aryl methyl sites for hydroxylation is 1. The molecule has 2 aromatic heterocycles. The van der Waals surface area contributed by atoms with Crippen molar-refractivity contribution in [2.75, 3.05) is 0 Å². The minimum Gasteiger partial charge on any atom is -0.248 e. The first kappa shape index (κ1) is 21.5. The van der Waals surface area contributed by atoms with Crippen LogP contribution in [0.5, 0.6) is 0 Å².